The molecule has 7 nitrogen and oxygen atoms in total. The van der Waals surface area contributed by atoms with Gasteiger partial charge in [-0.05, 0) is 45.6 Å². The summed E-state index contributed by atoms with van der Waals surface area (Å²) in [6.45, 7) is 11.0. The number of rotatable bonds is 8. The number of allylic oxidation sites excluding steroid dienone is 2. The van der Waals surface area contributed by atoms with Gasteiger partial charge in [-0.2, -0.15) is 0 Å². The molecule has 1 amide bonds. The van der Waals surface area contributed by atoms with Crippen LogP contribution in [0.4, 0.5) is 0 Å². The molecule has 0 bridgehead atoms. The lowest BCUT2D eigenvalue weighted by atomic mass is 9.88. The van der Waals surface area contributed by atoms with Crippen LogP contribution in [0.1, 0.15) is 60.3 Å². The largest absolute Gasteiger partial charge is 0.459 e. The number of esters is 1. The summed E-state index contributed by atoms with van der Waals surface area (Å²) in [7, 11) is 0. The van der Waals surface area contributed by atoms with Crippen molar-refractivity contribution in [3.8, 4) is 0 Å². The van der Waals surface area contributed by atoms with Crippen LogP contribution in [0, 0.1) is 5.92 Å². The van der Waals surface area contributed by atoms with Crippen LogP contribution in [0.15, 0.2) is 36.0 Å². The first-order valence-electron chi connectivity index (χ1n) is 12.1. The Kier molecular flexibility index (Phi) is 8.90. The third kappa shape index (κ3) is 8.09. The minimum absolute atomic E-state index is 0.0529. The third-order valence-corrected chi connectivity index (χ3v) is 6.68. The lowest BCUT2D eigenvalue weighted by Gasteiger charge is -2.39. The number of nitrogens with one attached hydrogen (secondary N) is 1. The van der Waals surface area contributed by atoms with E-state index in [4.69, 9.17) is 18.9 Å². The maximum atomic E-state index is 12.3. The van der Waals surface area contributed by atoms with E-state index in [-0.39, 0.29) is 41.8 Å². The van der Waals surface area contributed by atoms with E-state index >= 15 is 0 Å². The number of carbonyl (C=O) groups excluding carboxylic acids is 2. The van der Waals surface area contributed by atoms with Crippen molar-refractivity contribution in [1.82, 2.24) is 5.32 Å². The molecule has 0 aromatic carbocycles. The Morgan fingerprint density at radius 1 is 1.24 bits per heavy atom. The first kappa shape index (κ1) is 25.7. The maximum absolute atomic E-state index is 12.3. The minimum atomic E-state index is -0.437. The highest BCUT2D eigenvalue weighted by atomic mass is 16.6. The van der Waals surface area contributed by atoms with E-state index in [1.807, 2.05) is 6.92 Å². The summed E-state index contributed by atoms with van der Waals surface area (Å²) in [5.74, 6) is -0.258. The second-order valence-electron chi connectivity index (χ2n) is 9.76. The van der Waals surface area contributed by atoms with Crippen LogP contribution in [-0.4, -0.2) is 61.1 Å². The van der Waals surface area contributed by atoms with Gasteiger partial charge in [0.05, 0.1) is 43.2 Å². The number of hydrogen-bond donors (Lipinski definition) is 1. The first-order chi connectivity index (χ1) is 15.7. The molecule has 0 aromatic heterocycles. The highest BCUT2D eigenvalue weighted by Crippen LogP contribution is 2.39. The number of hydrogen-bond acceptors (Lipinski definition) is 6. The van der Waals surface area contributed by atoms with E-state index in [9.17, 15) is 9.59 Å². The van der Waals surface area contributed by atoms with Crippen LogP contribution in [0.5, 0.6) is 0 Å². The molecule has 33 heavy (non-hydrogen) atoms. The second kappa shape index (κ2) is 11.4. The summed E-state index contributed by atoms with van der Waals surface area (Å²) in [6, 6.07) is -0.0529. The molecule has 1 spiro atoms. The van der Waals surface area contributed by atoms with Crippen LogP contribution in [-0.2, 0) is 28.5 Å². The van der Waals surface area contributed by atoms with Crippen molar-refractivity contribution in [3.63, 3.8) is 0 Å². The van der Waals surface area contributed by atoms with Gasteiger partial charge in [0.15, 0.2) is 0 Å². The van der Waals surface area contributed by atoms with Gasteiger partial charge >= 0.3 is 5.97 Å². The lowest BCUT2D eigenvalue weighted by molar-refractivity contribution is -0.143. The Labute approximate surface area is 197 Å². The molecular weight excluding hydrogens is 422 g/mol. The fourth-order valence-corrected chi connectivity index (χ4v) is 4.51. The Morgan fingerprint density at radius 2 is 2.00 bits per heavy atom. The average molecular weight is 462 g/mol. The topological polar surface area (TPSA) is 86.4 Å². The molecular formula is C26H39NO6. The van der Waals surface area contributed by atoms with Gasteiger partial charge in [0.25, 0.3) is 0 Å². The van der Waals surface area contributed by atoms with Crippen molar-refractivity contribution in [1.29, 1.82) is 0 Å². The summed E-state index contributed by atoms with van der Waals surface area (Å²) < 4.78 is 22.7. The van der Waals surface area contributed by atoms with Crippen molar-refractivity contribution in [2.24, 2.45) is 5.92 Å². The van der Waals surface area contributed by atoms with E-state index < -0.39 is 6.10 Å². The smallest absolute Gasteiger partial charge is 0.303 e. The van der Waals surface area contributed by atoms with Gasteiger partial charge in [0.2, 0.25) is 5.91 Å². The van der Waals surface area contributed by atoms with Crippen molar-refractivity contribution >= 4 is 11.9 Å². The summed E-state index contributed by atoms with van der Waals surface area (Å²) in [5.41, 5.74) is 1.29. The summed E-state index contributed by atoms with van der Waals surface area (Å²) >= 11 is 0. The molecule has 3 aliphatic heterocycles. The zero-order valence-corrected chi connectivity index (χ0v) is 20.5. The van der Waals surface area contributed by atoms with Crippen LogP contribution >= 0.6 is 0 Å². The molecule has 3 saturated heterocycles. The van der Waals surface area contributed by atoms with Crippen molar-refractivity contribution in [2.45, 2.75) is 96.4 Å². The van der Waals surface area contributed by atoms with Gasteiger partial charge < -0.3 is 24.3 Å². The average Bonchev–Trinajstić information content (AvgIpc) is 3.49. The fraction of sp³-hybridized carbons (Fsp3) is 0.692. The molecule has 3 heterocycles. The molecule has 7 atom stereocenters. The Balaban J connectivity index is 1.43. The zero-order valence-electron chi connectivity index (χ0n) is 20.5. The Hall–Kier alpha value is -1.96. The van der Waals surface area contributed by atoms with E-state index in [1.54, 1.807) is 13.0 Å². The summed E-state index contributed by atoms with van der Waals surface area (Å²) in [5, 5.41) is 3.02. The maximum Gasteiger partial charge on any atom is 0.303 e. The Morgan fingerprint density at radius 3 is 2.70 bits per heavy atom. The molecule has 184 valence electrons. The predicted octanol–water partition coefficient (Wildman–Crippen LogP) is 3.63. The number of carbonyl (C=O) groups is 2. The van der Waals surface area contributed by atoms with Crippen molar-refractivity contribution in [3.05, 3.63) is 36.0 Å². The van der Waals surface area contributed by atoms with Gasteiger partial charge in [0.1, 0.15) is 6.10 Å². The van der Waals surface area contributed by atoms with Crippen molar-refractivity contribution in [2.75, 3.05) is 13.2 Å². The molecule has 0 saturated carbocycles. The quantitative estimate of drug-likeness (QED) is 0.257. The molecule has 2 unspecified atom stereocenters. The molecule has 7 heteroatoms. The highest BCUT2D eigenvalue weighted by molar-refractivity contribution is 5.87. The van der Waals surface area contributed by atoms with Crippen LogP contribution in [0.3, 0.4) is 0 Å². The van der Waals surface area contributed by atoms with E-state index in [2.05, 4.69) is 37.4 Å². The van der Waals surface area contributed by atoms with Gasteiger partial charge in [-0.1, -0.05) is 30.7 Å². The monoisotopic (exact) mass is 461 g/mol. The predicted molar refractivity (Wildman–Crippen MR) is 126 cm³/mol. The third-order valence-electron chi connectivity index (χ3n) is 6.68. The molecule has 3 aliphatic rings. The van der Waals surface area contributed by atoms with Gasteiger partial charge in [0, 0.05) is 25.8 Å². The first-order valence-corrected chi connectivity index (χ1v) is 12.1. The van der Waals surface area contributed by atoms with E-state index in [1.165, 1.54) is 18.6 Å². The molecule has 1 N–H and O–H groups in total. The summed E-state index contributed by atoms with van der Waals surface area (Å²) in [6.07, 6.45) is 12.9. The minimum Gasteiger partial charge on any atom is -0.459 e. The van der Waals surface area contributed by atoms with Crippen LogP contribution in [0.2, 0.25) is 0 Å². The van der Waals surface area contributed by atoms with Gasteiger partial charge in [-0.15, -0.1) is 0 Å². The van der Waals surface area contributed by atoms with Crippen molar-refractivity contribution < 1.29 is 28.5 Å². The number of epoxide rings is 1. The summed E-state index contributed by atoms with van der Waals surface area (Å²) in [4.78, 5) is 23.2. The SMILES string of the molecule is CC(=O)OC(C)/C=C\C(=O)NC1C[C@H](C)[C@H](C/C=C(C)/C=C/[C@@H]2C[C@@]3(CCO2)CO3)O[C@@H]1C. The van der Waals surface area contributed by atoms with Gasteiger partial charge in [-0.25, -0.2) is 0 Å². The van der Waals surface area contributed by atoms with Gasteiger partial charge in [-0.3, -0.25) is 9.59 Å². The molecule has 0 aromatic rings. The molecule has 3 rings (SSSR count). The molecule has 0 aliphatic carbocycles. The van der Waals surface area contributed by atoms with E-state index in [0.29, 0.717) is 5.92 Å². The zero-order chi connectivity index (χ0) is 24.0. The highest BCUT2D eigenvalue weighted by Gasteiger charge is 2.48. The number of ether oxygens (including phenoxy) is 4. The lowest BCUT2D eigenvalue weighted by Crippen LogP contribution is -2.50. The van der Waals surface area contributed by atoms with Crippen LogP contribution < -0.4 is 5.32 Å². The standard InChI is InChI=1S/C26H39NO6/c1-17(6-9-22-15-26(16-31-26)12-13-30-22)7-10-24-18(2)14-23(20(4)33-24)27-25(29)11-8-19(3)32-21(5)28/h6-9,11,18-20,22-24H,10,12-16H2,1-5H3,(H,27,29)/b9-6+,11-8-,17-7+/t18-,19?,20+,22+,23?,24-,26-/m0/s1. The van der Waals surface area contributed by atoms with Crippen LogP contribution in [0.25, 0.3) is 0 Å². The normalized spacial score (nSPS) is 35.7. The molecule has 0 radical (unpaired) electrons. The Bertz CT molecular complexity index is 784. The molecule has 3 fully saturated rings. The van der Waals surface area contributed by atoms with E-state index in [0.717, 1.165) is 38.9 Å². The number of amides is 1. The second-order valence-corrected chi connectivity index (χ2v) is 9.76. The fourth-order valence-electron chi connectivity index (χ4n) is 4.51.